The molecule has 2 saturated carbocycles. The van der Waals surface area contributed by atoms with Gasteiger partial charge in [0, 0.05) is 24.2 Å². The number of fused-ring (bicyclic) bond motifs is 3. The maximum absolute atomic E-state index is 6.60. The van der Waals surface area contributed by atoms with E-state index in [-0.39, 0.29) is 0 Å². The molecule has 4 nitrogen and oxygen atoms in total. The third-order valence-electron chi connectivity index (χ3n) is 9.78. The number of piperidine rings is 1. The average Bonchev–Trinajstić information content (AvgIpc) is 2.84. The van der Waals surface area contributed by atoms with Crippen LogP contribution in [0.25, 0.3) is 0 Å². The van der Waals surface area contributed by atoms with Crippen molar-refractivity contribution in [2.45, 2.75) is 114 Å². The molecule has 4 N–H and O–H groups in total. The van der Waals surface area contributed by atoms with Crippen molar-refractivity contribution in [1.82, 2.24) is 4.90 Å². The molecule has 1 saturated heterocycles. The molecule has 1 heterocycles. The second-order valence-corrected chi connectivity index (χ2v) is 13.6. The molecule has 204 valence electrons. The van der Waals surface area contributed by atoms with Crippen molar-refractivity contribution in [2.24, 2.45) is 29.2 Å². The van der Waals surface area contributed by atoms with Crippen molar-refractivity contribution < 1.29 is 4.48 Å². The largest absolute Gasteiger partial charge is 0.331 e. The van der Waals surface area contributed by atoms with Crippen LogP contribution in [0.4, 0.5) is 0 Å². The van der Waals surface area contributed by atoms with Gasteiger partial charge < -0.3 is 16.0 Å². The van der Waals surface area contributed by atoms with Gasteiger partial charge in [-0.15, -0.1) is 0 Å². The van der Waals surface area contributed by atoms with E-state index < -0.39 is 0 Å². The Balaban J connectivity index is 1.34. The molecular weight excluding hydrogens is 440 g/mol. The van der Waals surface area contributed by atoms with Gasteiger partial charge in [-0.1, -0.05) is 62.4 Å². The predicted octanol–water partition coefficient (Wildman–Crippen LogP) is 6.11. The van der Waals surface area contributed by atoms with Crippen LogP contribution in [-0.2, 0) is 0 Å². The van der Waals surface area contributed by atoms with Crippen molar-refractivity contribution in [2.75, 3.05) is 34.2 Å². The van der Waals surface area contributed by atoms with E-state index >= 15 is 0 Å². The van der Waals surface area contributed by atoms with Crippen LogP contribution in [0.2, 0.25) is 0 Å². The average molecular weight is 498 g/mol. The van der Waals surface area contributed by atoms with E-state index in [1.165, 1.54) is 109 Å². The molecule has 36 heavy (non-hydrogen) atoms. The monoisotopic (exact) mass is 497 g/mol. The summed E-state index contributed by atoms with van der Waals surface area (Å²) in [6.45, 7) is 2.53. The highest BCUT2D eigenvalue weighted by molar-refractivity contribution is 5.23. The first-order valence-electron chi connectivity index (χ1n) is 15.5. The van der Waals surface area contributed by atoms with Gasteiger partial charge in [-0.2, -0.15) is 0 Å². The van der Waals surface area contributed by atoms with Gasteiger partial charge in [-0.25, -0.2) is 0 Å². The number of hydrogen-bond donors (Lipinski definition) is 2. The minimum absolute atomic E-state index is 0.379. The molecule has 3 fully saturated rings. The summed E-state index contributed by atoms with van der Waals surface area (Å²) in [5.74, 6) is 2.37. The molecule has 4 rings (SSSR count). The molecule has 0 bridgehead atoms. The van der Waals surface area contributed by atoms with Crippen LogP contribution in [-0.4, -0.2) is 61.7 Å². The molecule has 1 aromatic carbocycles. The number of unbranched alkanes of at least 4 members (excludes halogenated alkanes) is 7. The summed E-state index contributed by atoms with van der Waals surface area (Å²) in [7, 11) is 6.91. The first-order valence-corrected chi connectivity index (χ1v) is 15.5. The van der Waals surface area contributed by atoms with Crippen LogP contribution >= 0.6 is 0 Å². The summed E-state index contributed by atoms with van der Waals surface area (Å²) in [6, 6.07) is 13.4. The van der Waals surface area contributed by atoms with Crippen LogP contribution in [0.3, 0.4) is 0 Å². The second-order valence-electron chi connectivity index (χ2n) is 13.6. The molecule has 0 amide bonds. The number of likely N-dealkylation sites (tertiary alicyclic amines) is 1. The second kappa shape index (κ2) is 13.2. The van der Waals surface area contributed by atoms with Crippen LogP contribution in [0.5, 0.6) is 0 Å². The van der Waals surface area contributed by atoms with E-state index in [2.05, 4.69) is 56.4 Å². The van der Waals surface area contributed by atoms with Crippen molar-refractivity contribution in [3.05, 3.63) is 35.9 Å². The number of benzene rings is 1. The van der Waals surface area contributed by atoms with Crippen molar-refractivity contribution >= 4 is 0 Å². The van der Waals surface area contributed by atoms with Gasteiger partial charge in [0.25, 0.3) is 0 Å². The van der Waals surface area contributed by atoms with Gasteiger partial charge in [0.15, 0.2) is 0 Å². The van der Waals surface area contributed by atoms with E-state index in [0.29, 0.717) is 30.1 Å². The van der Waals surface area contributed by atoms with Gasteiger partial charge in [0.05, 0.1) is 27.7 Å². The highest BCUT2D eigenvalue weighted by atomic mass is 15.3. The van der Waals surface area contributed by atoms with Crippen molar-refractivity contribution in [3.8, 4) is 0 Å². The molecule has 2 aliphatic carbocycles. The van der Waals surface area contributed by atoms with Crippen LogP contribution in [0.1, 0.15) is 101 Å². The Morgan fingerprint density at radius 3 is 1.94 bits per heavy atom. The third kappa shape index (κ3) is 7.56. The molecule has 7 atom stereocenters. The van der Waals surface area contributed by atoms with Crippen LogP contribution in [0, 0.1) is 17.8 Å². The van der Waals surface area contributed by atoms with Gasteiger partial charge in [0.1, 0.15) is 0 Å². The Morgan fingerprint density at radius 1 is 0.694 bits per heavy atom. The van der Waals surface area contributed by atoms with Gasteiger partial charge in [-0.3, -0.25) is 4.90 Å². The normalized spacial score (nSPS) is 33.2. The quantitative estimate of drug-likeness (QED) is 0.271. The maximum atomic E-state index is 6.60. The summed E-state index contributed by atoms with van der Waals surface area (Å²) < 4.78 is 1.10. The molecule has 4 heteroatoms. The first kappa shape index (κ1) is 28.1. The van der Waals surface area contributed by atoms with E-state index in [1.807, 2.05) is 0 Å². The summed E-state index contributed by atoms with van der Waals surface area (Å²) in [4.78, 5) is 2.95. The van der Waals surface area contributed by atoms with E-state index in [1.54, 1.807) is 0 Å². The summed E-state index contributed by atoms with van der Waals surface area (Å²) >= 11 is 0. The Bertz CT molecular complexity index is 759. The Kier molecular flexibility index (Phi) is 10.3. The molecule has 1 aromatic rings. The third-order valence-corrected chi connectivity index (χ3v) is 9.78. The molecule has 3 aliphatic rings. The molecule has 0 aromatic heterocycles. The lowest BCUT2D eigenvalue weighted by atomic mass is 9.58. The van der Waals surface area contributed by atoms with Gasteiger partial charge >= 0.3 is 0 Å². The van der Waals surface area contributed by atoms with Crippen LogP contribution in [0.15, 0.2) is 30.3 Å². The Labute approximate surface area is 222 Å². The van der Waals surface area contributed by atoms with Crippen molar-refractivity contribution in [1.29, 1.82) is 0 Å². The minimum atomic E-state index is 0.379. The topological polar surface area (TPSA) is 55.3 Å². The molecule has 0 radical (unpaired) electrons. The summed E-state index contributed by atoms with van der Waals surface area (Å²) in [6.07, 6.45) is 18.6. The molecule has 6 unspecified atom stereocenters. The van der Waals surface area contributed by atoms with Crippen LogP contribution < -0.4 is 11.5 Å². The van der Waals surface area contributed by atoms with Crippen molar-refractivity contribution in [3.63, 3.8) is 0 Å². The fourth-order valence-electron chi connectivity index (χ4n) is 8.03. The highest BCUT2D eigenvalue weighted by Crippen LogP contribution is 2.54. The highest BCUT2D eigenvalue weighted by Gasteiger charge is 2.51. The number of hydrogen-bond acceptors (Lipinski definition) is 3. The SMILES string of the molecule is C[N+](C)(C)CCCCCCCCCCN1C2CC(N)CCC2C2CCC(N)C[C@H]2C1c1ccccc1. The zero-order valence-corrected chi connectivity index (χ0v) is 23.8. The number of nitrogens with two attached hydrogens (primary N) is 2. The Morgan fingerprint density at radius 2 is 1.28 bits per heavy atom. The first-order chi connectivity index (χ1) is 17.3. The van der Waals surface area contributed by atoms with E-state index in [9.17, 15) is 0 Å². The molecule has 1 aliphatic heterocycles. The minimum Gasteiger partial charge on any atom is -0.331 e. The predicted molar refractivity (Wildman–Crippen MR) is 154 cm³/mol. The standard InChI is InChI=1S/C32H57N4/c1-36(2,3)22-14-9-7-5-4-6-8-13-21-35-31-24-27(34)18-20-29(31)28-19-17-26(33)23-30(28)32(35)25-15-11-10-12-16-25/h10-12,15-16,26-32H,4-9,13-14,17-24,33-34H2,1-3H3/q+1/t26?,27?,28?,29?,30-,31?,32?/m1/s1. The maximum Gasteiger partial charge on any atom is 0.0780 e. The summed E-state index contributed by atoms with van der Waals surface area (Å²) in [5.41, 5.74) is 14.7. The Hall–Kier alpha value is -0.940. The van der Waals surface area contributed by atoms with Gasteiger partial charge in [-0.05, 0) is 87.6 Å². The number of rotatable bonds is 12. The molecular formula is C32H57N4+. The van der Waals surface area contributed by atoms with Gasteiger partial charge in [0.2, 0.25) is 0 Å². The van der Waals surface area contributed by atoms with E-state index in [4.69, 9.17) is 11.5 Å². The fourth-order valence-corrected chi connectivity index (χ4v) is 8.03. The summed E-state index contributed by atoms with van der Waals surface area (Å²) in [5, 5.41) is 0. The number of nitrogens with zero attached hydrogens (tertiary/aromatic N) is 2. The zero-order chi connectivity index (χ0) is 25.5. The number of quaternary nitrogens is 1. The fraction of sp³-hybridized carbons (Fsp3) is 0.812. The lowest BCUT2D eigenvalue weighted by Gasteiger charge is -2.59. The smallest absolute Gasteiger partial charge is 0.0780 e. The molecule has 0 spiro atoms. The lowest BCUT2D eigenvalue weighted by molar-refractivity contribution is -0.870. The lowest BCUT2D eigenvalue weighted by Crippen LogP contribution is -2.60. The van der Waals surface area contributed by atoms with E-state index in [0.717, 1.165) is 16.3 Å². The zero-order valence-electron chi connectivity index (χ0n) is 23.8.